The highest BCUT2D eigenvalue weighted by Crippen LogP contribution is 2.29. The maximum absolute atomic E-state index is 12.5. The van der Waals surface area contributed by atoms with Crippen LogP contribution in [0.1, 0.15) is 11.3 Å². The Bertz CT molecular complexity index is 1360. The predicted octanol–water partition coefficient (Wildman–Crippen LogP) is 3.27. The van der Waals surface area contributed by atoms with Crippen LogP contribution in [0, 0.1) is 13.8 Å². The Labute approximate surface area is 179 Å². The van der Waals surface area contributed by atoms with Crippen molar-refractivity contribution in [2.75, 3.05) is 16.5 Å². The molecule has 0 unspecified atom stereocenters. The Hall–Kier alpha value is -3.76. The van der Waals surface area contributed by atoms with Crippen LogP contribution in [0.15, 0.2) is 65.8 Å². The zero-order valence-electron chi connectivity index (χ0n) is 16.9. The molecule has 0 aliphatic heterocycles. The van der Waals surface area contributed by atoms with E-state index >= 15 is 0 Å². The number of benzene rings is 2. The monoisotopic (exact) mass is 435 g/mol. The second kappa shape index (κ2) is 8.17. The van der Waals surface area contributed by atoms with Crippen molar-refractivity contribution >= 4 is 43.9 Å². The number of hydrazine groups is 1. The first kappa shape index (κ1) is 20.5. The number of nitrogens with one attached hydrogen (secondary N) is 3. The summed E-state index contributed by atoms with van der Waals surface area (Å²) in [7, 11) is -3.80. The number of hydrogen-bond donors (Lipinski definition) is 4. The summed E-state index contributed by atoms with van der Waals surface area (Å²) in [6.07, 6.45) is 1.29. The number of nitrogen functional groups attached to an aromatic ring is 1. The van der Waals surface area contributed by atoms with Gasteiger partial charge in [0.15, 0.2) is 11.6 Å². The molecule has 2 heterocycles. The number of nitrogens with zero attached hydrogens (tertiary/aromatic N) is 3. The number of anilines is 4. The van der Waals surface area contributed by atoms with Crippen LogP contribution in [0.5, 0.6) is 0 Å². The summed E-state index contributed by atoms with van der Waals surface area (Å²) < 4.78 is 25.0. The molecule has 5 N–H and O–H groups in total. The fourth-order valence-electron chi connectivity index (χ4n) is 2.98. The number of rotatable bonds is 6. The number of pyridine rings is 1. The van der Waals surface area contributed by atoms with E-state index in [1.165, 1.54) is 18.5 Å². The molecular weight excluding hydrogens is 414 g/mol. The van der Waals surface area contributed by atoms with E-state index in [1.54, 1.807) is 12.1 Å². The molecule has 0 spiro atoms. The van der Waals surface area contributed by atoms with Gasteiger partial charge in [0.2, 0.25) is 0 Å². The van der Waals surface area contributed by atoms with Gasteiger partial charge in [0.1, 0.15) is 12.0 Å². The molecule has 0 saturated heterocycles. The first-order valence-corrected chi connectivity index (χ1v) is 10.9. The summed E-state index contributed by atoms with van der Waals surface area (Å²) >= 11 is 0. The smallest absolute Gasteiger partial charge is 0.257 e. The molecule has 9 nitrogen and oxygen atoms in total. The van der Waals surface area contributed by atoms with E-state index in [1.807, 2.05) is 44.2 Å². The fourth-order valence-corrected chi connectivity index (χ4v) is 3.82. The molecule has 2 aromatic heterocycles. The number of nitrogens with two attached hydrogens (primary N) is 1. The second-order valence-electron chi connectivity index (χ2n) is 6.98. The second-order valence-corrected chi connectivity index (χ2v) is 8.66. The third-order valence-electron chi connectivity index (χ3n) is 4.64. The van der Waals surface area contributed by atoms with E-state index in [0.29, 0.717) is 5.82 Å². The van der Waals surface area contributed by atoms with Crippen LogP contribution in [-0.2, 0) is 10.0 Å². The summed E-state index contributed by atoms with van der Waals surface area (Å²) in [5.41, 5.74) is 12.4. The van der Waals surface area contributed by atoms with Crippen molar-refractivity contribution in [3.63, 3.8) is 0 Å². The van der Waals surface area contributed by atoms with Crippen molar-refractivity contribution in [1.29, 1.82) is 0 Å². The molecule has 0 bridgehead atoms. The lowest BCUT2D eigenvalue weighted by atomic mass is 10.1. The first-order valence-electron chi connectivity index (χ1n) is 9.42. The van der Waals surface area contributed by atoms with E-state index in [9.17, 15) is 8.42 Å². The normalized spacial score (nSPS) is 11.4. The SMILES string of the molecule is Cc1ccc(S(=O)(=O)NNc2ncnc(Nc3cccc4nc(C)ccc34)c2N)cc1. The van der Waals surface area contributed by atoms with Crippen LogP contribution in [0.4, 0.5) is 23.0 Å². The van der Waals surface area contributed by atoms with Gasteiger partial charge in [-0.2, -0.15) is 0 Å². The Morgan fingerprint density at radius 2 is 1.65 bits per heavy atom. The maximum Gasteiger partial charge on any atom is 0.257 e. The van der Waals surface area contributed by atoms with Gasteiger partial charge in [0.25, 0.3) is 10.0 Å². The zero-order valence-corrected chi connectivity index (χ0v) is 17.7. The standard InChI is InChI=1S/C21H21N7O2S/c1-13-6-9-15(10-7-13)31(29,30)28-27-21-19(22)20(23-12-24-21)26-18-5-3-4-17-16(18)11-8-14(2)25-17/h3-12,28H,22H2,1-2H3,(H2,23,24,26,27). The highest BCUT2D eigenvalue weighted by atomic mass is 32.2. The van der Waals surface area contributed by atoms with Crippen LogP contribution in [-0.4, -0.2) is 23.4 Å². The van der Waals surface area contributed by atoms with Gasteiger partial charge in [-0.25, -0.2) is 18.4 Å². The van der Waals surface area contributed by atoms with Gasteiger partial charge in [-0.05, 0) is 50.2 Å². The van der Waals surface area contributed by atoms with Crippen molar-refractivity contribution in [1.82, 2.24) is 19.8 Å². The Morgan fingerprint density at radius 1 is 0.903 bits per heavy atom. The molecule has 2 aromatic carbocycles. The largest absolute Gasteiger partial charge is 0.393 e. The molecule has 0 fully saturated rings. The summed E-state index contributed by atoms with van der Waals surface area (Å²) in [6, 6.07) is 16.0. The van der Waals surface area contributed by atoms with Gasteiger partial charge in [0, 0.05) is 16.8 Å². The van der Waals surface area contributed by atoms with Gasteiger partial charge < -0.3 is 11.1 Å². The summed E-state index contributed by atoms with van der Waals surface area (Å²) in [6.45, 7) is 3.81. The molecule has 4 aromatic rings. The van der Waals surface area contributed by atoms with Crippen LogP contribution in [0.25, 0.3) is 10.9 Å². The molecule has 0 atom stereocenters. The topological polar surface area (TPSA) is 135 Å². The Balaban J connectivity index is 1.57. The highest BCUT2D eigenvalue weighted by molar-refractivity contribution is 7.89. The van der Waals surface area contributed by atoms with Crippen LogP contribution >= 0.6 is 0 Å². The number of sulfonamides is 1. The van der Waals surface area contributed by atoms with Crippen LogP contribution in [0.2, 0.25) is 0 Å². The van der Waals surface area contributed by atoms with Crippen LogP contribution in [0.3, 0.4) is 0 Å². The number of fused-ring (bicyclic) bond motifs is 1. The number of aryl methyl sites for hydroxylation is 2. The quantitative estimate of drug-likeness (QED) is 0.339. The minimum absolute atomic E-state index is 0.120. The molecule has 0 saturated carbocycles. The van der Waals surface area contributed by atoms with Crippen molar-refractivity contribution < 1.29 is 8.42 Å². The van der Waals surface area contributed by atoms with Gasteiger partial charge in [-0.3, -0.25) is 10.4 Å². The molecule has 31 heavy (non-hydrogen) atoms. The summed E-state index contributed by atoms with van der Waals surface area (Å²) in [5.74, 6) is 0.461. The predicted molar refractivity (Wildman–Crippen MR) is 121 cm³/mol. The van der Waals surface area contributed by atoms with Crippen molar-refractivity contribution in [2.45, 2.75) is 18.7 Å². The molecule has 0 radical (unpaired) electrons. The lowest BCUT2D eigenvalue weighted by Crippen LogP contribution is -2.30. The average Bonchev–Trinajstić information content (AvgIpc) is 2.74. The van der Waals surface area contributed by atoms with E-state index in [2.05, 4.69) is 30.5 Å². The maximum atomic E-state index is 12.5. The molecule has 10 heteroatoms. The lowest BCUT2D eigenvalue weighted by Gasteiger charge is -2.14. The molecule has 0 aliphatic carbocycles. The summed E-state index contributed by atoms with van der Waals surface area (Å²) in [4.78, 5) is 15.2. The number of aromatic nitrogens is 3. The van der Waals surface area contributed by atoms with E-state index in [0.717, 1.165) is 27.8 Å². The fraction of sp³-hybridized carbons (Fsp3) is 0.0952. The van der Waals surface area contributed by atoms with E-state index in [-0.39, 0.29) is 16.4 Å². The minimum Gasteiger partial charge on any atom is -0.393 e. The third kappa shape index (κ3) is 4.39. The van der Waals surface area contributed by atoms with Crippen molar-refractivity contribution in [2.24, 2.45) is 0 Å². The van der Waals surface area contributed by atoms with Crippen molar-refractivity contribution in [3.05, 3.63) is 72.2 Å². The zero-order chi connectivity index (χ0) is 22.0. The van der Waals surface area contributed by atoms with Crippen molar-refractivity contribution in [3.8, 4) is 0 Å². The minimum atomic E-state index is -3.80. The molecular formula is C21H21N7O2S. The highest BCUT2D eigenvalue weighted by Gasteiger charge is 2.16. The first-order chi connectivity index (χ1) is 14.8. The van der Waals surface area contributed by atoms with Gasteiger partial charge in [-0.15, -0.1) is 4.83 Å². The lowest BCUT2D eigenvalue weighted by molar-refractivity contribution is 0.587. The Kier molecular flexibility index (Phi) is 5.40. The molecule has 0 amide bonds. The van der Waals surface area contributed by atoms with Gasteiger partial charge >= 0.3 is 0 Å². The Morgan fingerprint density at radius 3 is 2.42 bits per heavy atom. The molecule has 158 valence electrons. The average molecular weight is 436 g/mol. The summed E-state index contributed by atoms with van der Waals surface area (Å²) in [5, 5.41) is 4.08. The third-order valence-corrected chi connectivity index (χ3v) is 5.91. The molecule has 4 rings (SSSR count). The van der Waals surface area contributed by atoms with Gasteiger partial charge in [0.05, 0.1) is 10.4 Å². The van der Waals surface area contributed by atoms with E-state index < -0.39 is 10.0 Å². The van der Waals surface area contributed by atoms with Crippen LogP contribution < -0.4 is 21.3 Å². The molecule has 0 aliphatic rings. The van der Waals surface area contributed by atoms with Gasteiger partial charge in [-0.1, -0.05) is 23.8 Å². The number of hydrogen-bond acceptors (Lipinski definition) is 8. The van der Waals surface area contributed by atoms with E-state index in [4.69, 9.17) is 5.73 Å².